The largest absolute Gasteiger partial charge is 0.493 e. The van der Waals surface area contributed by atoms with Crippen molar-refractivity contribution in [2.24, 2.45) is 0 Å². The van der Waals surface area contributed by atoms with Crippen LogP contribution in [0, 0.1) is 26.0 Å². The van der Waals surface area contributed by atoms with E-state index in [1.807, 2.05) is 0 Å². The van der Waals surface area contributed by atoms with Crippen molar-refractivity contribution in [1.29, 1.82) is 0 Å². The third-order valence-electron chi connectivity index (χ3n) is 4.92. The van der Waals surface area contributed by atoms with Gasteiger partial charge in [0.15, 0.2) is 15.8 Å². The topological polar surface area (TPSA) is 125 Å². The maximum atomic E-state index is 13.6. The summed E-state index contributed by atoms with van der Waals surface area (Å²) < 4.78 is 24.8. The average Bonchev–Trinajstić information content (AvgIpc) is 3.12. The van der Waals surface area contributed by atoms with Crippen LogP contribution in [0.25, 0.3) is 6.08 Å². The Hall–Kier alpha value is -4.36. The molecule has 1 heterocycles. The number of thiocarbonyl (C=S) groups is 1. The van der Waals surface area contributed by atoms with Gasteiger partial charge in [0.05, 0.1) is 33.6 Å². The van der Waals surface area contributed by atoms with Gasteiger partial charge in [-0.3, -0.25) is 29.9 Å². The van der Waals surface area contributed by atoms with E-state index >= 15 is 0 Å². The van der Waals surface area contributed by atoms with Crippen molar-refractivity contribution < 1.29 is 28.5 Å². The number of thioether (sulfide) groups is 1. The number of nitrogens with zero attached hydrogens (tertiary/aromatic N) is 3. The standard InChI is InChI=1S/C23H14FN3O7S2/c1-33-20-9-13(10-21-22(28)25(23(35)36-21)15-4-2-3-14(24)11-15)5-7-19(20)34-18-8-6-16(26(29)30)12-17(18)27(31)32/h2-12H,1H3/b21-10-. The number of amides is 1. The molecule has 4 rings (SSSR count). The van der Waals surface area contributed by atoms with Gasteiger partial charge in [0.25, 0.3) is 11.6 Å². The van der Waals surface area contributed by atoms with E-state index in [2.05, 4.69) is 0 Å². The highest BCUT2D eigenvalue weighted by Gasteiger charge is 2.33. The average molecular weight is 528 g/mol. The molecule has 1 amide bonds. The fraction of sp³-hybridized carbons (Fsp3) is 0.0435. The van der Waals surface area contributed by atoms with Crippen LogP contribution in [-0.4, -0.2) is 27.2 Å². The molecule has 0 aliphatic carbocycles. The third-order valence-corrected chi connectivity index (χ3v) is 6.22. The smallest absolute Gasteiger partial charge is 0.318 e. The van der Waals surface area contributed by atoms with Crippen molar-refractivity contribution in [1.82, 2.24) is 0 Å². The molecular formula is C23H14FN3O7S2. The van der Waals surface area contributed by atoms with Crippen LogP contribution in [0.15, 0.2) is 65.6 Å². The molecule has 182 valence electrons. The summed E-state index contributed by atoms with van der Waals surface area (Å²) in [5.41, 5.74) is -0.188. The molecule has 3 aromatic rings. The van der Waals surface area contributed by atoms with Gasteiger partial charge in [-0.1, -0.05) is 36.1 Å². The molecule has 0 saturated carbocycles. The van der Waals surface area contributed by atoms with Gasteiger partial charge in [0.1, 0.15) is 5.82 Å². The highest BCUT2D eigenvalue weighted by Crippen LogP contribution is 2.40. The first kappa shape index (κ1) is 24.8. The lowest BCUT2D eigenvalue weighted by molar-refractivity contribution is -0.394. The molecule has 1 aliphatic rings. The number of ether oxygens (including phenoxy) is 2. The SMILES string of the molecule is COc1cc(/C=C2\SC(=S)N(c3cccc(F)c3)C2=O)ccc1Oc1ccc([N+](=O)[O-])cc1[N+](=O)[O-]. The number of hydrogen-bond donors (Lipinski definition) is 0. The van der Waals surface area contributed by atoms with Crippen LogP contribution in [0.4, 0.5) is 21.5 Å². The molecule has 10 nitrogen and oxygen atoms in total. The Morgan fingerprint density at radius 1 is 1.00 bits per heavy atom. The van der Waals surface area contributed by atoms with Crippen molar-refractivity contribution in [3.63, 3.8) is 0 Å². The van der Waals surface area contributed by atoms with Crippen LogP contribution in [-0.2, 0) is 4.79 Å². The quantitative estimate of drug-likeness (QED) is 0.161. The summed E-state index contributed by atoms with van der Waals surface area (Å²) in [5, 5.41) is 22.3. The molecule has 0 radical (unpaired) electrons. The second-order valence-electron chi connectivity index (χ2n) is 7.18. The first-order valence-corrected chi connectivity index (χ1v) is 11.2. The van der Waals surface area contributed by atoms with Gasteiger partial charge in [0, 0.05) is 6.07 Å². The molecule has 0 bridgehead atoms. The second kappa shape index (κ2) is 10.1. The highest BCUT2D eigenvalue weighted by atomic mass is 32.2. The molecule has 0 unspecified atom stereocenters. The fourth-order valence-corrected chi connectivity index (χ4v) is 4.58. The zero-order chi connectivity index (χ0) is 26.0. The van der Waals surface area contributed by atoms with Crippen LogP contribution in [0.5, 0.6) is 17.2 Å². The Bertz CT molecular complexity index is 1460. The van der Waals surface area contributed by atoms with Gasteiger partial charge in [-0.25, -0.2) is 4.39 Å². The molecule has 36 heavy (non-hydrogen) atoms. The first-order valence-electron chi connectivity index (χ1n) is 10.00. The molecule has 1 fully saturated rings. The Kier molecular flexibility index (Phi) is 6.94. The number of methoxy groups -OCH3 is 1. The predicted molar refractivity (Wildman–Crippen MR) is 135 cm³/mol. The minimum atomic E-state index is -0.788. The van der Waals surface area contributed by atoms with E-state index in [1.165, 1.54) is 36.3 Å². The van der Waals surface area contributed by atoms with Crippen molar-refractivity contribution >= 4 is 57.3 Å². The monoisotopic (exact) mass is 527 g/mol. The van der Waals surface area contributed by atoms with Crippen LogP contribution in [0.2, 0.25) is 0 Å². The lowest BCUT2D eigenvalue weighted by Gasteiger charge is -2.14. The zero-order valence-electron chi connectivity index (χ0n) is 18.2. The van der Waals surface area contributed by atoms with Crippen LogP contribution in [0.3, 0.4) is 0 Å². The number of carbonyl (C=O) groups excluding carboxylic acids is 1. The summed E-state index contributed by atoms with van der Waals surface area (Å²) in [7, 11) is 1.36. The van der Waals surface area contributed by atoms with E-state index in [0.29, 0.717) is 16.2 Å². The van der Waals surface area contributed by atoms with Crippen LogP contribution >= 0.6 is 24.0 Å². The number of carbonyl (C=O) groups is 1. The van der Waals surface area contributed by atoms with Gasteiger partial charge in [-0.2, -0.15) is 0 Å². The maximum Gasteiger partial charge on any atom is 0.318 e. The third kappa shape index (κ3) is 5.01. The second-order valence-corrected chi connectivity index (χ2v) is 8.85. The number of non-ortho nitro benzene ring substituents is 1. The van der Waals surface area contributed by atoms with Gasteiger partial charge < -0.3 is 9.47 Å². The van der Waals surface area contributed by atoms with Gasteiger partial charge in [0.2, 0.25) is 5.75 Å². The molecule has 1 aliphatic heterocycles. The minimum absolute atomic E-state index is 0.110. The summed E-state index contributed by atoms with van der Waals surface area (Å²) in [6.45, 7) is 0. The lowest BCUT2D eigenvalue weighted by Crippen LogP contribution is -2.27. The van der Waals surface area contributed by atoms with Gasteiger partial charge >= 0.3 is 5.69 Å². The first-order chi connectivity index (χ1) is 17.2. The van der Waals surface area contributed by atoms with Crippen molar-refractivity contribution in [3.8, 4) is 17.2 Å². The number of nitro benzene ring substituents is 2. The number of halogens is 1. The number of rotatable bonds is 7. The minimum Gasteiger partial charge on any atom is -0.493 e. The summed E-state index contributed by atoms with van der Waals surface area (Å²) in [4.78, 5) is 35.3. The summed E-state index contributed by atoms with van der Waals surface area (Å²) in [6.07, 6.45) is 1.57. The van der Waals surface area contributed by atoms with E-state index in [0.717, 1.165) is 30.0 Å². The maximum absolute atomic E-state index is 13.6. The van der Waals surface area contributed by atoms with Crippen molar-refractivity contribution in [2.75, 3.05) is 12.0 Å². The number of hydrogen-bond acceptors (Lipinski definition) is 9. The summed E-state index contributed by atoms with van der Waals surface area (Å²) in [5.74, 6) is -0.834. The van der Waals surface area contributed by atoms with Crippen LogP contribution in [0.1, 0.15) is 5.56 Å². The molecule has 13 heteroatoms. The molecule has 0 atom stereocenters. The van der Waals surface area contributed by atoms with E-state index in [1.54, 1.807) is 24.3 Å². The Balaban J connectivity index is 1.62. The van der Waals surface area contributed by atoms with Gasteiger partial charge in [-0.05, 0) is 48.0 Å². The molecule has 0 spiro atoms. The molecule has 3 aromatic carbocycles. The van der Waals surface area contributed by atoms with Crippen LogP contribution < -0.4 is 14.4 Å². The number of nitro groups is 2. The van der Waals surface area contributed by atoms with Crippen molar-refractivity contribution in [3.05, 3.63) is 97.2 Å². The number of benzene rings is 3. The highest BCUT2D eigenvalue weighted by molar-refractivity contribution is 8.27. The van der Waals surface area contributed by atoms with E-state index in [4.69, 9.17) is 21.7 Å². The summed E-state index contributed by atoms with van der Waals surface area (Å²) >= 11 is 6.35. The fourth-order valence-electron chi connectivity index (χ4n) is 3.28. The van der Waals surface area contributed by atoms with E-state index < -0.39 is 32.9 Å². The normalized spacial score (nSPS) is 14.3. The zero-order valence-corrected chi connectivity index (χ0v) is 19.9. The predicted octanol–water partition coefficient (Wildman–Crippen LogP) is 5.85. The lowest BCUT2D eigenvalue weighted by atomic mass is 10.1. The number of anilines is 1. The molecule has 0 aromatic heterocycles. The Labute approximate surface area is 212 Å². The summed E-state index contributed by atoms with van der Waals surface area (Å²) in [6, 6.07) is 13.1. The Morgan fingerprint density at radius 3 is 2.42 bits per heavy atom. The molecular weight excluding hydrogens is 513 g/mol. The Morgan fingerprint density at radius 2 is 1.75 bits per heavy atom. The van der Waals surface area contributed by atoms with Crippen molar-refractivity contribution in [2.45, 2.75) is 0 Å². The molecule has 0 N–H and O–H groups in total. The van der Waals surface area contributed by atoms with Gasteiger partial charge in [-0.15, -0.1) is 0 Å². The van der Waals surface area contributed by atoms with E-state index in [9.17, 15) is 29.4 Å². The van der Waals surface area contributed by atoms with E-state index in [-0.39, 0.29) is 21.6 Å². The molecule has 1 saturated heterocycles.